The summed E-state index contributed by atoms with van der Waals surface area (Å²) in [5, 5.41) is 2.57. The first kappa shape index (κ1) is 20.7. The number of rotatable bonds is 7. The monoisotopic (exact) mass is 394 g/mol. The van der Waals surface area contributed by atoms with Crippen LogP contribution in [0.1, 0.15) is 19.4 Å². The Morgan fingerprint density at radius 1 is 1.19 bits per heavy atom. The van der Waals surface area contributed by atoms with Crippen LogP contribution in [-0.2, 0) is 16.7 Å². The van der Waals surface area contributed by atoms with Crippen molar-refractivity contribution >= 4 is 21.8 Å². The van der Waals surface area contributed by atoms with Crippen LogP contribution in [0.4, 0.5) is 14.9 Å². The number of hydrogen-bond donors (Lipinski definition) is 1. The lowest BCUT2D eigenvalue weighted by atomic mass is 10.1. The molecular weight excluding hydrogens is 371 g/mol. The zero-order valence-corrected chi connectivity index (χ0v) is 16.3. The molecule has 0 saturated carbocycles. The van der Waals surface area contributed by atoms with Crippen LogP contribution in [0, 0.1) is 11.7 Å². The molecule has 0 unspecified atom stereocenters. The average Bonchev–Trinajstić information content (AvgIpc) is 2.54. The van der Waals surface area contributed by atoms with Gasteiger partial charge in [0.25, 0.3) is 0 Å². The third-order valence-corrected chi connectivity index (χ3v) is 4.00. The fourth-order valence-corrected chi connectivity index (χ4v) is 2.96. The van der Waals surface area contributed by atoms with Crippen molar-refractivity contribution in [3.8, 4) is 5.75 Å². The summed E-state index contributed by atoms with van der Waals surface area (Å²) < 4.78 is 41.3. The molecule has 0 spiro atoms. The smallest absolute Gasteiger partial charge is 0.322 e. The van der Waals surface area contributed by atoms with E-state index in [1.807, 2.05) is 13.8 Å². The third-order valence-electron chi connectivity index (χ3n) is 3.51. The van der Waals surface area contributed by atoms with Gasteiger partial charge in [-0.25, -0.2) is 9.18 Å². The number of benzene rings is 2. The summed E-state index contributed by atoms with van der Waals surface area (Å²) in [6.45, 7) is 4.59. The summed E-state index contributed by atoms with van der Waals surface area (Å²) in [5.41, 5.74) is 0.797. The van der Waals surface area contributed by atoms with E-state index in [-0.39, 0.29) is 23.9 Å². The molecule has 0 aliphatic rings. The Labute approximate surface area is 159 Å². The Hall–Kier alpha value is -2.61. The summed E-state index contributed by atoms with van der Waals surface area (Å²) in [6.07, 6.45) is 0.965. The lowest BCUT2D eigenvalue weighted by Crippen LogP contribution is -2.37. The van der Waals surface area contributed by atoms with Crippen molar-refractivity contribution in [2.75, 3.05) is 18.1 Å². The highest BCUT2D eigenvalue weighted by Crippen LogP contribution is 2.19. The topological polar surface area (TPSA) is 75.7 Å². The van der Waals surface area contributed by atoms with E-state index >= 15 is 0 Å². The van der Waals surface area contributed by atoms with Crippen molar-refractivity contribution in [3.63, 3.8) is 0 Å². The fourth-order valence-electron chi connectivity index (χ4n) is 2.51. The van der Waals surface area contributed by atoms with Gasteiger partial charge >= 0.3 is 16.1 Å². The maximum Gasteiger partial charge on any atom is 0.322 e. The molecule has 0 bridgehead atoms. The van der Waals surface area contributed by atoms with Gasteiger partial charge in [-0.1, -0.05) is 38.1 Å². The molecule has 27 heavy (non-hydrogen) atoms. The molecule has 0 heterocycles. The molecule has 2 amide bonds. The molecule has 0 aliphatic heterocycles. The van der Waals surface area contributed by atoms with Crippen molar-refractivity contribution in [2.24, 2.45) is 5.92 Å². The zero-order valence-electron chi connectivity index (χ0n) is 15.5. The highest BCUT2D eigenvalue weighted by atomic mass is 32.2. The summed E-state index contributed by atoms with van der Waals surface area (Å²) in [4.78, 5) is 14.2. The van der Waals surface area contributed by atoms with E-state index in [1.165, 1.54) is 23.1 Å². The van der Waals surface area contributed by atoms with Gasteiger partial charge in [-0.3, -0.25) is 0 Å². The summed E-state index contributed by atoms with van der Waals surface area (Å²) >= 11 is 0. The van der Waals surface area contributed by atoms with Crippen LogP contribution in [0.25, 0.3) is 0 Å². The van der Waals surface area contributed by atoms with Crippen LogP contribution >= 0.6 is 0 Å². The van der Waals surface area contributed by atoms with E-state index in [0.29, 0.717) is 12.1 Å². The number of nitrogens with zero attached hydrogens (tertiary/aromatic N) is 1. The summed E-state index contributed by atoms with van der Waals surface area (Å²) in [5.74, 6) is -0.153. The Morgan fingerprint density at radius 3 is 2.52 bits per heavy atom. The Morgan fingerprint density at radius 2 is 1.89 bits per heavy atom. The predicted molar refractivity (Wildman–Crippen MR) is 103 cm³/mol. The van der Waals surface area contributed by atoms with E-state index in [1.54, 1.807) is 30.3 Å². The van der Waals surface area contributed by atoms with Crippen molar-refractivity contribution in [1.29, 1.82) is 0 Å². The Bertz CT molecular complexity index is 900. The van der Waals surface area contributed by atoms with Gasteiger partial charge in [0.05, 0.1) is 11.9 Å². The molecule has 2 aromatic carbocycles. The summed E-state index contributed by atoms with van der Waals surface area (Å²) in [6, 6.07) is 12.0. The van der Waals surface area contributed by atoms with Gasteiger partial charge in [-0.05, 0) is 35.7 Å². The zero-order chi connectivity index (χ0) is 20.0. The molecule has 0 fully saturated rings. The number of amides is 2. The quantitative estimate of drug-likeness (QED) is 0.724. The number of urea groups is 1. The molecule has 0 atom stereocenters. The Balaban J connectivity index is 2.18. The summed E-state index contributed by atoms with van der Waals surface area (Å²) in [7, 11) is -3.64. The first-order chi connectivity index (χ1) is 12.6. The molecule has 146 valence electrons. The van der Waals surface area contributed by atoms with Gasteiger partial charge in [0.2, 0.25) is 0 Å². The number of carbonyl (C=O) groups excluding carboxylic acids is 1. The van der Waals surface area contributed by atoms with Gasteiger partial charge in [-0.2, -0.15) is 8.42 Å². The number of para-hydroxylation sites is 1. The molecule has 0 aromatic heterocycles. The van der Waals surface area contributed by atoms with Gasteiger partial charge < -0.3 is 14.4 Å². The molecule has 0 radical (unpaired) electrons. The van der Waals surface area contributed by atoms with E-state index in [2.05, 4.69) is 5.32 Å². The van der Waals surface area contributed by atoms with Gasteiger partial charge in [0.15, 0.2) is 0 Å². The average molecular weight is 394 g/mol. The van der Waals surface area contributed by atoms with Crippen LogP contribution in [0.3, 0.4) is 0 Å². The van der Waals surface area contributed by atoms with Crippen LogP contribution in [0.5, 0.6) is 5.75 Å². The van der Waals surface area contributed by atoms with Crippen molar-refractivity contribution in [1.82, 2.24) is 4.90 Å². The first-order valence-electron chi connectivity index (χ1n) is 8.43. The second kappa shape index (κ2) is 8.85. The van der Waals surface area contributed by atoms with Crippen molar-refractivity contribution in [2.45, 2.75) is 20.4 Å². The van der Waals surface area contributed by atoms with E-state index in [0.717, 1.165) is 6.26 Å². The minimum atomic E-state index is -3.64. The molecule has 8 heteroatoms. The molecule has 0 aliphatic carbocycles. The number of hydrogen-bond acceptors (Lipinski definition) is 4. The SMILES string of the molecule is CC(C)CN(Cc1cccc(OS(C)(=O)=O)c1)C(=O)Nc1ccccc1F. The molecule has 0 saturated heterocycles. The molecule has 1 N–H and O–H groups in total. The minimum absolute atomic E-state index is 0.102. The van der Waals surface area contributed by atoms with E-state index in [4.69, 9.17) is 4.18 Å². The standard InChI is InChI=1S/C19H23FN2O4S/c1-14(2)12-22(19(23)21-18-10-5-4-9-17(18)20)13-15-7-6-8-16(11-15)26-27(3,24)25/h4-11,14H,12-13H2,1-3H3,(H,21,23). The lowest BCUT2D eigenvalue weighted by Gasteiger charge is -2.25. The lowest BCUT2D eigenvalue weighted by molar-refractivity contribution is 0.201. The molecule has 2 aromatic rings. The highest BCUT2D eigenvalue weighted by Gasteiger charge is 2.17. The van der Waals surface area contributed by atoms with Crippen LogP contribution in [0.15, 0.2) is 48.5 Å². The van der Waals surface area contributed by atoms with Gasteiger partial charge in [-0.15, -0.1) is 0 Å². The molecule has 6 nitrogen and oxygen atoms in total. The largest absolute Gasteiger partial charge is 0.383 e. The number of carbonyl (C=O) groups is 1. The van der Waals surface area contributed by atoms with Gasteiger partial charge in [0, 0.05) is 13.1 Å². The number of anilines is 1. The number of halogens is 1. The van der Waals surface area contributed by atoms with Crippen LogP contribution < -0.4 is 9.50 Å². The minimum Gasteiger partial charge on any atom is -0.383 e. The predicted octanol–water partition coefficient (Wildman–Crippen LogP) is 3.85. The first-order valence-corrected chi connectivity index (χ1v) is 10.2. The van der Waals surface area contributed by atoms with E-state index < -0.39 is 22.0 Å². The molecular formula is C19H23FN2O4S. The maximum atomic E-state index is 13.8. The molecule has 2 rings (SSSR count). The highest BCUT2D eigenvalue weighted by molar-refractivity contribution is 7.86. The second-order valence-corrected chi connectivity index (χ2v) is 8.19. The fraction of sp³-hybridized carbons (Fsp3) is 0.316. The van der Waals surface area contributed by atoms with Crippen molar-refractivity contribution < 1.29 is 21.8 Å². The number of nitrogens with one attached hydrogen (secondary N) is 1. The van der Waals surface area contributed by atoms with Crippen LogP contribution in [-0.4, -0.2) is 32.1 Å². The van der Waals surface area contributed by atoms with Crippen LogP contribution in [0.2, 0.25) is 0 Å². The third kappa shape index (κ3) is 6.90. The Kier molecular flexibility index (Phi) is 6.79. The normalized spacial score (nSPS) is 11.3. The second-order valence-electron chi connectivity index (χ2n) is 6.62. The van der Waals surface area contributed by atoms with E-state index in [9.17, 15) is 17.6 Å². The maximum absolute atomic E-state index is 13.8. The van der Waals surface area contributed by atoms with Gasteiger partial charge in [0.1, 0.15) is 11.6 Å². The van der Waals surface area contributed by atoms with Crippen molar-refractivity contribution in [3.05, 3.63) is 59.9 Å².